The van der Waals surface area contributed by atoms with E-state index in [0.717, 1.165) is 11.4 Å². The number of nitrogens with one attached hydrogen (secondary N) is 1. The van der Waals surface area contributed by atoms with Gasteiger partial charge in [0.1, 0.15) is 0 Å². The zero-order chi connectivity index (χ0) is 12.4. The Kier molecular flexibility index (Phi) is 2.60. The molecule has 6 heteroatoms. The van der Waals surface area contributed by atoms with Gasteiger partial charge in [-0.2, -0.15) is 0 Å². The van der Waals surface area contributed by atoms with Crippen LogP contribution in [0.4, 0.5) is 11.4 Å². The van der Waals surface area contributed by atoms with Crippen LogP contribution in [-0.2, 0) is 11.2 Å². The summed E-state index contributed by atoms with van der Waals surface area (Å²) in [5, 5.41) is 10.0. The van der Waals surface area contributed by atoms with Crippen molar-refractivity contribution in [1.29, 1.82) is 0 Å². The van der Waals surface area contributed by atoms with Crippen LogP contribution >= 0.6 is 0 Å². The summed E-state index contributed by atoms with van der Waals surface area (Å²) < 4.78 is 0. The zero-order valence-electron chi connectivity index (χ0n) is 9.58. The number of carbonyl (C=O) groups is 1. The topological polar surface area (TPSA) is 74.2 Å². The second-order valence-corrected chi connectivity index (χ2v) is 3.95. The number of para-hydroxylation sites is 2. The molecule has 0 radical (unpaired) electrons. The summed E-state index contributed by atoms with van der Waals surface area (Å²) in [4.78, 5) is 18.2. The van der Waals surface area contributed by atoms with Gasteiger partial charge in [0.05, 0.1) is 30.0 Å². The number of H-pyrrole nitrogens is 1. The van der Waals surface area contributed by atoms with E-state index in [1.807, 2.05) is 24.3 Å². The lowest BCUT2D eigenvalue weighted by molar-refractivity contribution is -0.117. The molecular weight excluding hydrogens is 230 g/mol. The molecule has 1 N–H and O–H groups in total. The van der Waals surface area contributed by atoms with Crippen LogP contribution in [0.15, 0.2) is 35.5 Å². The summed E-state index contributed by atoms with van der Waals surface area (Å²) in [6.45, 7) is 0.494. The first-order valence-electron chi connectivity index (χ1n) is 5.62. The summed E-state index contributed by atoms with van der Waals surface area (Å²) in [6, 6.07) is 7.59. The van der Waals surface area contributed by atoms with Crippen LogP contribution in [0.3, 0.4) is 0 Å². The van der Waals surface area contributed by atoms with Crippen molar-refractivity contribution < 1.29 is 4.79 Å². The maximum Gasteiger partial charge on any atom is 0.233 e. The number of hydrogen-bond donors (Lipinski definition) is 1. The van der Waals surface area contributed by atoms with Crippen LogP contribution in [0.5, 0.6) is 0 Å². The van der Waals surface area contributed by atoms with Gasteiger partial charge in [0.2, 0.25) is 5.91 Å². The first-order valence-corrected chi connectivity index (χ1v) is 5.62. The second-order valence-electron chi connectivity index (χ2n) is 3.95. The summed E-state index contributed by atoms with van der Waals surface area (Å²) in [5.41, 5.74) is 2.30. The number of amides is 1. The number of carbonyl (C=O) groups excluding carboxylic acids is 1. The summed E-state index contributed by atoms with van der Waals surface area (Å²) >= 11 is 0. The van der Waals surface area contributed by atoms with E-state index in [0.29, 0.717) is 12.2 Å². The van der Waals surface area contributed by atoms with Crippen molar-refractivity contribution in [3.63, 3.8) is 0 Å². The van der Waals surface area contributed by atoms with Gasteiger partial charge in [-0.15, -0.1) is 5.10 Å². The third-order valence-corrected chi connectivity index (χ3v) is 2.77. The van der Waals surface area contributed by atoms with Crippen LogP contribution < -0.4 is 4.90 Å². The number of benzene rings is 1. The molecule has 0 saturated heterocycles. The average molecular weight is 241 g/mol. The lowest BCUT2D eigenvalue weighted by Gasteiger charge is -2.25. The molecule has 2 aromatic rings. The lowest BCUT2D eigenvalue weighted by atomic mass is 10.2. The van der Waals surface area contributed by atoms with E-state index in [-0.39, 0.29) is 12.3 Å². The predicted octanol–water partition coefficient (Wildman–Crippen LogP) is 1.10. The number of aromatic nitrogens is 3. The normalized spacial score (nSPS) is 13.4. The van der Waals surface area contributed by atoms with Crippen LogP contribution in [0.1, 0.15) is 5.69 Å². The van der Waals surface area contributed by atoms with E-state index < -0.39 is 0 Å². The van der Waals surface area contributed by atoms with Gasteiger partial charge in [-0.25, -0.2) is 0 Å². The highest BCUT2D eigenvalue weighted by molar-refractivity contribution is 6.01. The van der Waals surface area contributed by atoms with Crippen molar-refractivity contribution in [3.05, 3.63) is 36.2 Å². The molecule has 18 heavy (non-hydrogen) atoms. The summed E-state index contributed by atoms with van der Waals surface area (Å²) in [5.74, 6) is -0.0116. The predicted molar refractivity (Wildman–Crippen MR) is 67.0 cm³/mol. The van der Waals surface area contributed by atoms with E-state index in [1.54, 1.807) is 17.3 Å². The number of rotatable bonds is 2. The third-order valence-electron chi connectivity index (χ3n) is 2.77. The molecule has 0 fully saturated rings. The van der Waals surface area contributed by atoms with Gasteiger partial charge in [-0.05, 0) is 12.1 Å². The van der Waals surface area contributed by atoms with Crippen molar-refractivity contribution in [2.75, 3.05) is 11.4 Å². The summed E-state index contributed by atoms with van der Waals surface area (Å²) in [6.07, 6.45) is 3.60. The Balaban J connectivity index is 1.85. The third kappa shape index (κ3) is 1.88. The number of hydrogen-bond acceptors (Lipinski definition) is 4. The van der Waals surface area contributed by atoms with Crippen molar-refractivity contribution >= 4 is 23.5 Å². The van der Waals surface area contributed by atoms with E-state index in [4.69, 9.17) is 0 Å². The zero-order valence-corrected chi connectivity index (χ0v) is 9.58. The first-order chi connectivity index (χ1) is 8.84. The number of nitrogens with zero attached hydrogens (tertiary/aromatic N) is 4. The highest BCUT2D eigenvalue weighted by atomic mass is 16.2. The number of aliphatic imine (C=N–C) groups is 1. The molecule has 1 amide bonds. The van der Waals surface area contributed by atoms with Gasteiger partial charge >= 0.3 is 0 Å². The SMILES string of the molecule is O=C(Cc1c[nH]nn1)N1CC=Nc2ccccc21. The molecule has 1 aromatic heterocycles. The highest BCUT2D eigenvalue weighted by Crippen LogP contribution is 2.30. The van der Waals surface area contributed by atoms with Crippen molar-refractivity contribution in [2.24, 2.45) is 4.99 Å². The maximum absolute atomic E-state index is 12.2. The molecule has 1 aromatic carbocycles. The van der Waals surface area contributed by atoms with Gasteiger partial charge < -0.3 is 4.90 Å². The minimum Gasteiger partial charge on any atom is -0.305 e. The van der Waals surface area contributed by atoms with Crippen LogP contribution in [0.2, 0.25) is 0 Å². The van der Waals surface area contributed by atoms with Gasteiger partial charge in [0.25, 0.3) is 0 Å². The van der Waals surface area contributed by atoms with Gasteiger partial charge in [0.15, 0.2) is 0 Å². The molecule has 90 valence electrons. The van der Waals surface area contributed by atoms with E-state index in [2.05, 4.69) is 20.4 Å². The highest BCUT2D eigenvalue weighted by Gasteiger charge is 2.20. The fourth-order valence-electron chi connectivity index (χ4n) is 1.92. The Labute approximate surface area is 103 Å². The largest absolute Gasteiger partial charge is 0.305 e. The van der Waals surface area contributed by atoms with E-state index in [1.165, 1.54) is 0 Å². The molecule has 0 unspecified atom stereocenters. The number of anilines is 1. The van der Waals surface area contributed by atoms with Crippen LogP contribution in [-0.4, -0.2) is 34.1 Å². The minimum absolute atomic E-state index is 0.0116. The Bertz CT molecular complexity index is 590. The fraction of sp³-hybridized carbons (Fsp3) is 0.167. The Morgan fingerprint density at radius 2 is 2.28 bits per heavy atom. The minimum atomic E-state index is -0.0116. The second kappa shape index (κ2) is 4.40. The van der Waals surface area contributed by atoms with E-state index >= 15 is 0 Å². The molecule has 0 bridgehead atoms. The molecule has 1 aliphatic heterocycles. The van der Waals surface area contributed by atoms with Crippen molar-refractivity contribution in [3.8, 4) is 0 Å². The van der Waals surface area contributed by atoms with Crippen LogP contribution in [0, 0.1) is 0 Å². The van der Waals surface area contributed by atoms with Gasteiger partial charge in [0, 0.05) is 12.4 Å². The lowest BCUT2D eigenvalue weighted by Crippen LogP contribution is -2.35. The maximum atomic E-state index is 12.2. The number of aromatic amines is 1. The molecule has 0 atom stereocenters. The van der Waals surface area contributed by atoms with E-state index in [9.17, 15) is 4.79 Å². The molecule has 0 aliphatic carbocycles. The standard InChI is InChI=1S/C12H11N5O/c18-12(7-9-8-14-16-15-9)17-6-5-13-10-3-1-2-4-11(10)17/h1-5,8H,6-7H2,(H,14,15,16). The van der Waals surface area contributed by atoms with Crippen LogP contribution in [0.25, 0.3) is 0 Å². The van der Waals surface area contributed by atoms with Gasteiger partial charge in [-0.1, -0.05) is 17.3 Å². The summed E-state index contributed by atoms with van der Waals surface area (Å²) in [7, 11) is 0. The molecule has 0 saturated carbocycles. The molecule has 2 heterocycles. The monoisotopic (exact) mass is 241 g/mol. The molecule has 3 rings (SSSR count). The quantitative estimate of drug-likeness (QED) is 0.855. The molecule has 6 nitrogen and oxygen atoms in total. The molecule has 0 spiro atoms. The first kappa shape index (κ1) is 10.6. The molecule has 1 aliphatic rings. The smallest absolute Gasteiger partial charge is 0.233 e. The Hall–Kier alpha value is -2.50. The van der Waals surface area contributed by atoms with Crippen molar-refractivity contribution in [2.45, 2.75) is 6.42 Å². The van der Waals surface area contributed by atoms with Gasteiger partial charge in [-0.3, -0.25) is 14.9 Å². The Morgan fingerprint density at radius 1 is 1.39 bits per heavy atom. The Morgan fingerprint density at radius 3 is 3.11 bits per heavy atom. The van der Waals surface area contributed by atoms with Crippen molar-refractivity contribution in [1.82, 2.24) is 15.4 Å². The molecular formula is C12H11N5O. The fourth-order valence-corrected chi connectivity index (χ4v) is 1.92. The average Bonchev–Trinajstić information content (AvgIpc) is 2.91. The number of fused-ring (bicyclic) bond motifs is 1.